The van der Waals surface area contributed by atoms with Crippen molar-refractivity contribution >= 4 is 23.7 Å². The largest absolute Gasteiger partial charge is 0.481 e. The van der Waals surface area contributed by atoms with Gasteiger partial charge < -0.3 is 25.7 Å². The van der Waals surface area contributed by atoms with Crippen molar-refractivity contribution in [2.45, 2.75) is 43.4 Å². The van der Waals surface area contributed by atoms with Gasteiger partial charge in [-0.3, -0.25) is 4.79 Å². The molecule has 0 aromatic heterocycles. The fourth-order valence-corrected chi connectivity index (χ4v) is 3.58. The van der Waals surface area contributed by atoms with Crippen molar-refractivity contribution in [2.24, 2.45) is 0 Å². The summed E-state index contributed by atoms with van der Waals surface area (Å²) in [5, 5.41) is 43.6. The molecule has 0 spiro atoms. The van der Waals surface area contributed by atoms with Gasteiger partial charge >= 0.3 is 11.9 Å². The van der Waals surface area contributed by atoms with E-state index in [1.54, 1.807) is 18.3 Å². The van der Waals surface area contributed by atoms with Gasteiger partial charge in [0.2, 0.25) is 0 Å². The van der Waals surface area contributed by atoms with Crippen LogP contribution in [-0.2, 0) is 15.2 Å². The molecule has 0 radical (unpaired) electrons. The van der Waals surface area contributed by atoms with E-state index in [1.807, 2.05) is 0 Å². The highest BCUT2D eigenvalue weighted by molar-refractivity contribution is 5.85. The van der Waals surface area contributed by atoms with Gasteiger partial charge in [0.15, 0.2) is 5.60 Å². The second kappa shape index (κ2) is 5.92. The molecule has 1 aromatic rings. The molecule has 1 saturated carbocycles. The molecule has 0 amide bonds. The quantitative estimate of drug-likeness (QED) is 0.470. The number of fused-ring (bicyclic) bond motifs is 2. The average molecular weight is 333 g/mol. The van der Waals surface area contributed by atoms with Crippen molar-refractivity contribution in [3.8, 4) is 0 Å². The predicted octanol–water partition coefficient (Wildman–Crippen LogP) is -1.16. The molecule has 128 valence electrons. The summed E-state index contributed by atoms with van der Waals surface area (Å²) < 4.78 is 0. The van der Waals surface area contributed by atoms with Crippen LogP contribution in [0.5, 0.6) is 0 Å². The molecule has 1 fully saturated rings. The second-order valence-corrected chi connectivity index (χ2v) is 6.33. The molecule has 3 atom stereocenters. The van der Waals surface area contributed by atoms with Gasteiger partial charge in [-0.2, -0.15) is 0 Å². The molecule has 1 aliphatic carbocycles. The Morgan fingerprint density at radius 3 is 2.67 bits per heavy atom. The van der Waals surface area contributed by atoms with Crippen molar-refractivity contribution in [3.63, 3.8) is 0 Å². The first-order valence-corrected chi connectivity index (χ1v) is 7.77. The summed E-state index contributed by atoms with van der Waals surface area (Å²) in [5.41, 5.74) is -1.66. The summed E-state index contributed by atoms with van der Waals surface area (Å²) >= 11 is 0. The molecule has 0 bridgehead atoms. The van der Waals surface area contributed by atoms with E-state index in [-0.39, 0.29) is 11.6 Å². The molecule has 24 heavy (non-hydrogen) atoms. The Morgan fingerprint density at radius 2 is 2.00 bits per heavy atom. The van der Waals surface area contributed by atoms with Crippen molar-refractivity contribution in [1.82, 2.24) is 5.32 Å². The summed E-state index contributed by atoms with van der Waals surface area (Å²) in [6.07, 6.45) is 1.95. The average Bonchev–Trinajstić information content (AvgIpc) is 2.53. The van der Waals surface area contributed by atoms with Crippen LogP contribution < -0.4 is 15.8 Å². The van der Waals surface area contributed by atoms with E-state index in [0.29, 0.717) is 29.7 Å². The van der Waals surface area contributed by atoms with Crippen LogP contribution in [-0.4, -0.2) is 44.5 Å². The Kier molecular flexibility index (Phi) is 4.06. The molecular weight excluding hydrogens is 314 g/mol. The topological polar surface area (TPSA) is 127 Å². The Balaban J connectivity index is 2.31. The monoisotopic (exact) mass is 333 g/mol. The van der Waals surface area contributed by atoms with Crippen LogP contribution in [0, 0.1) is 0 Å². The van der Waals surface area contributed by atoms with Crippen molar-refractivity contribution in [1.29, 1.82) is 0 Å². The fourth-order valence-electron chi connectivity index (χ4n) is 3.58. The zero-order chi connectivity index (χ0) is 17.5. The lowest BCUT2D eigenvalue weighted by atomic mass is 9.80. The molecule has 1 heterocycles. The molecule has 3 unspecified atom stereocenters. The van der Waals surface area contributed by atoms with E-state index in [0.717, 1.165) is 5.57 Å². The van der Waals surface area contributed by atoms with E-state index in [4.69, 9.17) is 5.11 Å². The number of hydrogen-bond acceptors (Lipinski definition) is 5. The molecule has 2 aliphatic rings. The van der Waals surface area contributed by atoms with Gasteiger partial charge in [-0.05, 0) is 35.3 Å². The number of aliphatic carboxylic acids is 2. The van der Waals surface area contributed by atoms with E-state index in [1.165, 1.54) is 6.07 Å². The summed E-state index contributed by atoms with van der Waals surface area (Å²) in [5.74, 6) is -3.01. The van der Waals surface area contributed by atoms with E-state index < -0.39 is 30.1 Å². The number of carboxylic acid groups (broad SMARTS) is 2. The number of rotatable bonds is 4. The van der Waals surface area contributed by atoms with Crippen LogP contribution in [0.2, 0.25) is 0 Å². The highest BCUT2D eigenvalue weighted by Gasteiger charge is 2.42. The van der Waals surface area contributed by atoms with Gasteiger partial charge in [0.1, 0.15) is 0 Å². The number of hydrogen-bond donors (Lipinski definition) is 5. The lowest BCUT2D eigenvalue weighted by Gasteiger charge is -2.33. The minimum absolute atomic E-state index is 0.0510. The minimum Gasteiger partial charge on any atom is -0.481 e. The molecule has 5 N–H and O–H groups in total. The van der Waals surface area contributed by atoms with Crippen molar-refractivity contribution in [3.05, 3.63) is 34.2 Å². The number of aliphatic hydroxyl groups is 2. The zero-order valence-corrected chi connectivity index (χ0v) is 12.9. The van der Waals surface area contributed by atoms with Crippen LogP contribution in [0.3, 0.4) is 0 Å². The van der Waals surface area contributed by atoms with E-state index >= 15 is 0 Å². The smallest absolute Gasteiger partial charge is 0.341 e. The van der Waals surface area contributed by atoms with Crippen molar-refractivity contribution < 1.29 is 30.0 Å². The Bertz CT molecular complexity index is 817. The third-order valence-electron chi connectivity index (χ3n) is 4.73. The SMILES string of the molecule is O=C(O)CC(O)(C(=O)O)c1cccc2c1=C1CC(O)CCC1NC=2. The maximum absolute atomic E-state index is 11.7. The lowest BCUT2D eigenvalue weighted by Crippen LogP contribution is -2.51. The first-order valence-electron chi connectivity index (χ1n) is 7.77. The Morgan fingerprint density at radius 1 is 1.25 bits per heavy atom. The third-order valence-corrected chi connectivity index (χ3v) is 4.73. The molecule has 3 rings (SSSR count). The molecular formula is C17H19NO6. The number of carbonyl (C=O) groups is 2. The van der Waals surface area contributed by atoms with Gasteiger partial charge in [-0.1, -0.05) is 18.2 Å². The van der Waals surface area contributed by atoms with Gasteiger partial charge in [-0.15, -0.1) is 0 Å². The minimum atomic E-state index is -2.53. The maximum atomic E-state index is 11.7. The highest BCUT2D eigenvalue weighted by Crippen LogP contribution is 2.28. The van der Waals surface area contributed by atoms with Gasteiger partial charge in [0, 0.05) is 17.8 Å². The standard InChI is InChI=1S/C17H19NO6/c19-10-4-5-13-11(6-10)15-9(8-18-13)2-1-3-12(15)17(24,16(22)23)7-14(20)21/h1-3,8,10,13,18-19,24H,4-7H2,(H,20,21)(H,22,23). The first-order chi connectivity index (χ1) is 11.3. The molecule has 7 nitrogen and oxygen atoms in total. The van der Waals surface area contributed by atoms with Crippen LogP contribution in [0.1, 0.15) is 31.2 Å². The normalized spacial score (nSPS) is 24.7. The number of carboxylic acids is 2. The molecule has 1 aromatic carbocycles. The van der Waals surface area contributed by atoms with E-state index in [9.17, 15) is 24.9 Å². The molecule has 7 heteroatoms. The summed E-state index contributed by atoms with van der Waals surface area (Å²) in [7, 11) is 0. The lowest BCUT2D eigenvalue weighted by molar-refractivity contribution is -0.166. The maximum Gasteiger partial charge on any atom is 0.341 e. The van der Waals surface area contributed by atoms with Gasteiger partial charge in [0.05, 0.1) is 12.5 Å². The Labute approximate surface area is 137 Å². The highest BCUT2D eigenvalue weighted by atomic mass is 16.4. The number of aliphatic hydroxyl groups excluding tert-OH is 1. The van der Waals surface area contributed by atoms with Crippen molar-refractivity contribution in [2.75, 3.05) is 0 Å². The Hall–Kier alpha value is -2.38. The summed E-state index contributed by atoms with van der Waals surface area (Å²) in [4.78, 5) is 22.8. The van der Waals surface area contributed by atoms with Crippen LogP contribution in [0.25, 0.3) is 11.8 Å². The molecule has 1 aliphatic heterocycles. The third kappa shape index (κ3) is 2.65. The number of benzene rings is 1. The summed E-state index contributed by atoms with van der Waals surface area (Å²) in [6, 6.07) is 4.74. The second-order valence-electron chi connectivity index (χ2n) is 6.33. The van der Waals surface area contributed by atoms with Gasteiger partial charge in [0.25, 0.3) is 0 Å². The van der Waals surface area contributed by atoms with Crippen LogP contribution in [0.15, 0.2) is 18.2 Å². The summed E-state index contributed by atoms with van der Waals surface area (Å²) in [6.45, 7) is 0. The predicted molar refractivity (Wildman–Crippen MR) is 84.1 cm³/mol. The van der Waals surface area contributed by atoms with Crippen LogP contribution in [0.4, 0.5) is 0 Å². The molecule has 0 saturated heterocycles. The zero-order valence-electron chi connectivity index (χ0n) is 12.9. The van der Waals surface area contributed by atoms with Crippen LogP contribution >= 0.6 is 0 Å². The first kappa shape index (κ1) is 16.5. The van der Waals surface area contributed by atoms with Gasteiger partial charge in [-0.25, -0.2) is 4.79 Å². The number of nitrogens with one attached hydrogen (secondary N) is 1. The fraction of sp³-hybridized carbons (Fsp3) is 0.412. The van der Waals surface area contributed by atoms with E-state index in [2.05, 4.69) is 5.32 Å².